The van der Waals surface area contributed by atoms with E-state index in [0.29, 0.717) is 18.7 Å². The van der Waals surface area contributed by atoms with Crippen molar-refractivity contribution in [2.45, 2.75) is 69.1 Å². The number of aromatic nitrogens is 1. The maximum Gasteiger partial charge on any atom is 0.410 e. The molecule has 0 aromatic carbocycles. The Hall–Kier alpha value is -2.52. The summed E-state index contributed by atoms with van der Waals surface area (Å²) in [6.07, 6.45) is 10.2. The summed E-state index contributed by atoms with van der Waals surface area (Å²) in [4.78, 5) is 32.7. The lowest BCUT2D eigenvalue weighted by Crippen LogP contribution is -2.57. The molecule has 172 valence electrons. The highest BCUT2D eigenvalue weighted by molar-refractivity contribution is 5.94. The Bertz CT molecular complexity index is 847. The number of ether oxygens (including phenoxy) is 3. The van der Waals surface area contributed by atoms with Crippen LogP contribution >= 0.6 is 0 Å². The van der Waals surface area contributed by atoms with Gasteiger partial charge >= 0.3 is 6.09 Å². The van der Waals surface area contributed by atoms with Crippen molar-refractivity contribution in [3.63, 3.8) is 0 Å². The van der Waals surface area contributed by atoms with E-state index in [4.69, 9.17) is 14.2 Å². The van der Waals surface area contributed by atoms with Gasteiger partial charge in [0.1, 0.15) is 6.61 Å². The van der Waals surface area contributed by atoms with Gasteiger partial charge in [-0.05, 0) is 50.7 Å². The molecule has 2 bridgehead atoms. The van der Waals surface area contributed by atoms with Crippen LogP contribution < -0.4 is 0 Å². The predicted octanol–water partition coefficient (Wildman–Crippen LogP) is 2.89. The normalized spacial score (nSPS) is 32.7. The molecule has 0 N–H and O–H groups in total. The molecule has 5 rings (SSSR count). The molecule has 3 fully saturated rings. The topological polar surface area (TPSA) is 81.2 Å². The van der Waals surface area contributed by atoms with Crippen molar-refractivity contribution < 1.29 is 28.2 Å². The first kappa shape index (κ1) is 21.3. The van der Waals surface area contributed by atoms with Crippen molar-refractivity contribution in [3.8, 4) is 0 Å². The van der Waals surface area contributed by atoms with Crippen LogP contribution in [0.5, 0.6) is 0 Å². The molecule has 0 spiro atoms. The third-order valence-electron chi connectivity index (χ3n) is 6.76. The van der Waals surface area contributed by atoms with Gasteiger partial charge in [0.25, 0.3) is 5.91 Å². The van der Waals surface area contributed by atoms with Crippen molar-refractivity contribution in [2.24, 2.45) is 0 Å². The minimum absolute atomic E-state index is 0.0509. The second-order valence-electron chi connectivity index (χ2n) is 8.85. The molecule has 0 saturated carbocycles. The number of fused-ring (bicyclic) bond motifs is 3. The number of amides is 2. The molecule has 4 heterocycles. The number of hydrogen-bond donors (Lipinski definition) is 0. The first-order valence-corrected chi connectivity index (χ1v) is 11.4. The summed E-state index contributed by atoms with van der Waals surface area (Å²) in [5, 5.41) is 0. The van der Waals surface area contributed by atoms with Gasteiger partial charge in [-0.3, -0.25) is 4.79 Å². The lowest BCUT2D eigenvalue weighted by Gasteiger charge is -2.40. The minimum Gasteiger partial charge on any atom is -0.444 e. The summed E-state index contributed by atoms with van der Waals surface area (Å²) in [5.41, 5.74) is 0.359. The van der Waals surface area contributed by atoms with Gasteiger partial charge in [-0.1, -0.05) is 12.2 Å². The molecular weight excluding hydrogens is 417 g/mol. The summed E-state index contributed by atoms with van der Waals surface area (Å²) < 4.78 is 30.5. The Morgan fingerprint density at radius 3 is 2.28 bits per heavy atom. The third kappa shape index (κ3) is 4.36. The Balaban J connectivity index is 1.13. The standard InChI is InChI=1S/C23H28FN3O5/c24-20-10-7-15(11-25-20)22(28)27-16-8-9-17(27)13-26(12-16)23(29)30-14-21-31-18-5-3-1-2-4-6-19(18)32-21/h1-2,7,10-11,16-19,21H,3-6,8-9,12-14H2/b2-1+/t16?,17?,18-,19+,21?. The van der Waals surface area contributed by atoms with E-state index in [2.05, 4.69) is 17.1 Å². The lowest BCUT2D eigenvalue weighted by atomic mass is 10.0. The van der Waals surface area contributed by atoms with E-state index < -0.39 is 18.3 Å². The number of hydrogen-bond acceptors (Lipinski definition) is 6. The number of piperazine rings is 1. The van der Waals surface area contributed by atoms with Gasteiger partial charge in [0.05, 0.1) is 29.9 Å². The van der Waals surface area contributed by atoms with Crippen molar-refractivity contribution in [1.82, 2.24) is 14.8 Å². The van der Waals surface area contributed by atoms with Crippen LogP contribution in [-0.4, -0.2) is 77.1 Å². The monoisotopic (exact) mass is 445 g/mol. The number of carbonyl (C=O) groups is 2. The predicted molar refractivity (Wildman–Crippen MR) is 111 cm³/mol. The summed E-state index contributed by atoms with van der Waals surface area (Å²) in [6, 6.07) is 2.47. The number of carbonyl (C=O) groups excluding carboxylic acids is 2. The molecule has 2 amide bonds. The van der Waals surface area contributed by atoms with Crippen LogP contribution in [0.15, 0.2) is 30.5 Å². The number of nitrogens with zero attached hydrogens (tertiary/aromatic N) is 3. The largest absolute Gasteiger partial charge is 0.444 e. The fraction of sp³-hybridized carbons (Fsp3) is 0.609. The maximum atomic E-state index is 13.1. The molecule has 0 radical (unpaired) electrons. The first-order chi connectivity index (χ1) is 15.6. The number of allylic oxidation sites excluding steroid dienone is 2. The van der Waals surface area contributed by atoms with Crippen molar-refractivity contribution in [3.05, 3.63) is 42.0 Å². The van der Waals surface area contributed by atoms with Crippen LogP contribution in [0.1, 0.15) is 48.9 Å². The van der Waals surface area contributed by atoms with Gasteiger partial charge in [-0.25, -0.2) is 9.78 Å². The van der Waals surface area contributed by atoms with Crippen molar-refractivity contribution in [2.75, 3.05) is 19.7 Å². The first-order valence-electron chi connectivity index (χ1n) is 11.4. The second-order valence-corrected chi connectivity index (χ2v) is 8.85. The van der Waals surface area contributed by atoms with E-state index in [0.717, 1.165) is 38.5 Å². The quantitative estimate of drug-likeness (QED) is 0.526. The molecule has 5 atom stereocenters. The number of pyridine rings is 1. The van der Waals surface area contributed by atoms with Gasteiger partial charge in [0.15, 0.2) is 6.29 Å². The highest BCUT2D eigenvalue weighted by atomic mass is 19.1. The van der Waals surface area contributed by atoms with Gasteiger partial charge in [0, 0.05) is 19.3 Å². The average molecular weight is 445 g/mol. The zero-order chi connectivity index (χ0) is 22.1. The van der Waals surface area contributed by atoms with E-state index in [1.165, 1.54) is 18.3 Å². The van der Waals surface area contributed by atoms with Crippen LogP contribution in [0.2, 0.25) is 0 Å². The van der Waals surface area contributed by atoms with E-state index in [-0.39, 0.29) is 36.8 Å². The molecule has 9 heteroatoms. The molecule has 32 heavy (non-hydrogen) atoms. The molecule has 3 unspecified atom stereocenters. The summed E-state index contributed by atoms with van der Waals surface area (Å²) in [6.45, 7) is 0.896. The number of likely N-dealkylation sites (tertiary alicyclic amines) is 1. The third-order valence-corrected chi connectivity index (χ3v) is 6.76. The van der Waals surface area contributed by atoms with Crippen LogP contribution in [0.4, 0.5) is 9.18 Å². The van der Waals surface area contributed by atoms with Gasteiger partial charge in [0.2, 0.25) is 5.95 Å². The van der Waals surface area contributed by atoms with E-state index in [9.17, 15) is 14.0 Å². The van der Waals surface area contributed by atoms with E-state index >= 15 is 0 Å². The van der Waals surface area contributed by atoms with Crippen LogP contribution in [0, 0.1) is 5.95 Å². The highest BCUT2D eigenvalue weighted by Crippen LogP contribution is 2.32. The van der Waals surface area contributed by atoms with Gasteiger partial charge < -0.3 is 24.0 Å². The molecule has 8 nitrogen and oxygen atoms in total. The molecule has 3 aliphatic heterocycles. The van der Waals surface area contributed by atoms with Crippen molar-refractivity contribution in [1.29, 1.82) is 0 Å². The maximum absolute atomic E-state index is 13.1. The molecule has 1 aromatic rings. The zero-order valence-corrected chi connectivity index (χ0v) is 17.9. The summed E-state index contributed by atoms with van der Waals surface area (Å²) in [7, 11) is 0. The molecule has 3 saturated heterocycles. The van der Waals surface area contributed by atoms with Crippen LogP contribution in [-0.2, 0) is 14.2 Å². The van der Waals surface area contributed by atoms with E-state index in [1.807, 2.05) is 4.90 Å². The SMILES string of the molecule is O=C(OCC1O[C@H]2CC/C=C/CC[C@H]2O1)N1CC2CCC(C1)N2C(=O)c1ccc(F)nc1. The number of halogens is 1. The fourth-order valence-corrected chi connectivity index (χ4v) is 5.21. The number of rotatable bonds is 3. The second kappa shape index (κ2) is 9.15. The molecule has 1 aliphatic carbocycles. The Labute approximate surface area is 186 Å². The Morgan fingerprint density at radius 1 is 1.03 bits per heavy atom. The Kier molecular flexibility index (Phi) is 6.10. The lowest BCUT2D eigenvalue weighted by molar-refractivity contribution is -0.102. The van der Waals surface area contributed by atoms with E-state index in [1.54, 1.807) is 4.90 Å². The van der Waals surface area contributed by atoms with Gasteiger partial charge in [-0.2, -0.15) is 4.39 Å². The summed E-state index contributed by atoms with van der Waals surface area (Å²) >= 11 is 0. The molecule has 4 aliphatic rings. The average Bonchev–Trinajstić information content (AvgIpc) is 3.28. The molecule has 1 aromatic heterocycles. The minimum atomic E-state index is -0.616. The smallest absolute Gasteiger partial charge is 0.410 e. The van der Waals surface area contributed by atoms with Crippen LogP contribution in [0.3, 0.4) is 0 Å². The van der Waals surface area contributed by atoms with Crippen LogP contribution in [0.25, 0.3) is 0 Å². The fourth-order valence-electron chi connectivity index (χ4n) is 5.21. The Morgan fingerprint density at radius 2 is 1.69 bits per heavy atom. The molecular formula is C23H28FN3O5. The highest BCUT2D eigenvalue weighted by Gasteiger charge is 2.45. The van der Waals surface area contributed by atoms with Gasteiger partial charge in [-0.15, -0.1) is 0 Å². The summed E-state index contributed by atoms with van der Waals surface area (Å²) in [5.74, 6) is -0.788. The van der Waals surface area contributed by atoms with Crippen molar-refractivity contribution >= 4 is 12.0 Å². The zero-order valence-electron chi connectivity index (χ0n) is 17.9.